The summed E-state index contributed by atoms with van der Waals surface area (Å²) >= 11 is 0. The van der Waals surface area contributed by atoms with Crippen LogP contribution in [-0.2, 0) is 4.79 Å². The van der Waals surface area contributed by atoms with Crippen molar-refractivity contribution in [2.75, 3.05) is 0 Å². The lowest BCUT2D eigenvalue weighted by Gasteiger charge is -1.96. The predicted octanol–water partition coefficient (Wildman–Crippen LogP) is 2.04. The minimum Gasteiger partial charge on any atom is -0.292 e. The van der Waals surface area contributed by atoms with Crippen LogP contribution in [0.5, 0.6) is 0 Å². The molecule has 3 unspecified atom stereocenters. The van der Waals surface area contributed by atoms with Gasteiger partial charge in [0.15, 0.2) is 0 Å². The van der Waals surface area contributed by atoms with E-state index in [-0.39, 0.29) is 11.8 Å². The van der Waals surface area contributed by atoms with Crippen molar-refractivity contribution in [1.29, 1.82) is 0 Å². The van der Waals surface area contributed by atoms with Gasteiger partial charge in [0.25, 0.3) is 0 Å². The van der Waals surface area contributed by atoms with Crippen molar-refractivity contribution in [3.8, 4) is 0 Å². The van der Waals surface area contributed by atoms with E-state index in [1.807, 2.05) is 0 Å². The fourth-order valence-corrected chi connectivity index (χ4v) is 2.04. The first-order chi connectivity index (χ1) is 5.84. The zero-order chi connectivity index (χ0) is 8.55. The lowest BCUT2D eigenvalue weighted by atomic mass is 10.1. The Kier molecular flexibility index (Phi) is 1.62. The zero-order valence-electron chi connectivity index (χ0n) is 6.55. The monoisotopic (exact) mass is 163 g/mol. The molecule has 2 aliphatic carbocycles. The fourth-order valence-electron chi connectivity index (χ4n) is 2.04. The summed E-state index contributed by atoms with van der Waals surface area (Å²) in [6.45, 7) is 0. The average molecular weight is 163 g/mol. The third-order valence-electron chi connectivity index (χ3n) is 2.68. The summed E-state index contributed by atoms with van der Waals surface area (Å²) in [6.07, 6.45) is 6.30. The van der Waals surface area contributed by atoms with Crippen molar-refractivity contribution in [2.24, 2.45) is 22.9 Å². The summed E-state index contributed by atoms with van der Waals surface area (Å²) in [5, 5.41) is 3.12. The lowest BCUT2D eigenvalue weighted by Crippen LogP contribution is -1.96. The Labute approximate surface area is 69.9 Å². The average Bonchev–Trinajstić information content (AvgIpc) is 2.78. The van der Waals surface area contributed by atoms with Crippen LogP contribution >= 0.6 is 0 Å². The molecular formula is C8H9N3O. The first-order valence-corrected chi connectivity index (χ1v) is 4.10. The number of amides is 1. The van der Waals surface area contributed by atoms with Gasteiger partial charge < -0.3 is 0 Å². The van der Waals surface area contributed by atoms with E-state index in [9.17, 15) is 4.79 Å². The molecule has 62 valence electrons. The Morgan fingerprint density at radius 2 is 2.50 bits per heavy atom. The molecule has 1 saturated carbocycles. The molecule has 0 heterocycles. The van der Waals surface area contributed by atoms with Gasteiger partial charge in [-0.1, -0.05) is 12.2 Å². The Hall–Kier alpha value is -1.28. The molecule has 0 saturated heterocycles. The number of hydrogen-bond acceptors (Lipinski definition) is 1. The summed E-state index contributed by atoms with van der Waals surface area (Å²) in [4.78, 5) is 13.6. The molecule has 0 bridgehead atoms. The smallest absolute Gasteiger partial charge is 0.222 e. The molecule has 2 aliphatic rings. The highest BCUT2D eigenvalue weighted by atomic mass is 16.2. The van der Waals surface area contributed by atoms with E-state index < -0.39 is 0 Å². The Morgan fingerprint density at radius 1 is 1.67 bits per heavy atom. The van der Waals surface area contributed by atoms with Crippen LogP contribution in [0.15, 0.2) is 17.3 Å². The first-order valence-electron chi connectivity index (χ1n) is 4.10. The second-order valence-electron chi connectivity index (χ2n) is 3.30. The second-order valence-corrected chi connectivity index (χ2v) is 3.30. The quantitative estimate of drug-likeness (QED) is 0.252. The van der Waals surface area contributed by atoms with Crippen molar-refractivity contribution in [3.05, 3.63) is 22.6 Å². The molecular weight excluding hydrogens is 154 g/mol. The fraction of sp³-hybridized carbons (Fsp3) is 0.625. The van der Waals surface area contributed by atoms with E-state index in [0.717, 1.165) is 12.8 Å². The van der Waals surface area contributed by atoms with Crippen LogP contribution in [0, 0.1) is 17.8 Å². The van der Waals surface area contributed by atoms with Crippen LogP contribution < -0.4 is 0 Å². The van der Waals surface area contributed by atoms with Crippen LogP contribution in [0.2, 0.25) is 0 Å². The molecule has 4 nitrogen and oxygen atoms in total. The Bertz CT molecular complexity index is 291. The van der Waals surface area contributed by atoms with Gasteiger partial charge in [0.05, 0.1) is 0 Å². The molecule has 12 heavy (non-hydrogen) atoms. The minimum atomic E-state index is -0.279. The molecule has 0 aromatic heterocycles. The number of nitrogens with zero attached hydrogens (tertiary/aromatic N) is 3. The van der Waals surface area contributed by atoms with Gasteiger partial charge in [-0.3, -0.25) is 4.79 Å². The molecule has 0 spiro atoms. The maximum absolute atomic E-state index is 11.1. The van der Waals surface area contributed by atoms with Gasteiger partial charge in [-0.05, 0) is 35.3 Å². The van der Waals surface area contributed by atoms with Gasteiger partial charge in [0.1, 0.15) is 0 Å². The van der Waals surface area contributed by atoms with E-state index in [0.29, 0.717) is 11.8 Å². The molecule has 0 aromatic carbocycles. The maximum Gasteiger partial charge on any atom is 0.222 e. The predicted molar refractivity (Wildman–Crippen MR) is 43.0 cm³/mol. The summed E-state index contributed by atoms with van der Waals surface area (Å²) in [7, 11) is 0. The molecule has 1 amide bonds. The molecule has 0 radical (unpaired) electrons. The summed E-state index contributed by atoms with van der Waals surface area (Å²) < 4.78 is 0. The third kappa shape index (κ3) is 1.01. The summed E-state index contributed by atoms with van der Waals surface area (Å²) in [5.41, 5.74) is 8.07. The standard InChI is InChI=1S/C8H9N3O/c9-11-10-8(12)7-5-3-1-2-4-6(5)7/h1,3,5-7H,2,4H2. The van der Waals surface area contributed by atoms with Crippen LogP contribution in [-0.4, -0.2) is 5.91 Å². The molecule has 4 heteroatoms. The van der Waals surface area contributed by atoms with Crippen molar-refractivity contribution < 1.29 is 4.79 Å². The normalized spacial score (nSPS) is 36.5. The number of allylic oxidation sites excluding steroid dienone is 2. The number of rotatable bonds is 1. The van der Waals surface area contributed by atoms with E-state index in [2.05, 4.69) is 22.2 Å². The van der Waals surface area contributed by atoms with Gasteiger partial charge in [-0.25, -0.2) is 0 Å². The van der Waals surface area contributed by atoms with Gasteiger partial charge >= 0.3 is 0 Å². The number of azide groups is 1. The molecule has 0 aliphatic heterocycles. The van der Waals surface area contributed by atoms with E-state index in [4.69, 9.17) is 5.53 Å². The van der Waals surface area contributed by atoms with Crippen LogP contribution in [0.4, 0.5) is 0 Å². The molecule has 1 fully saturated rings. The lowest BCUT2D eigenvalue weighted by molar-refractivity contribution is -0.119. The molecule has 0 aromatic rings. The van der Waals surface area contributed by atoms with Crippen LogP contribution in [0.25, 0.3) is 10.4 Å². The highest BCUT2D eigenvalue weighted by Crippen LogP contribution is 2.53. The van der Waals surface area contributed by atoms with Gasteiger partial charge in [0, 0.05) is 10.8 Å². The highest BCUT2D eigenvalue weighted by molar-refractivity contribution is 5.83. The van der Waals surface area contributed by atoms with Gasteiger partial charge in [-0.2, -0.15) is 0 Å². The molecule has 0 N–H and O–H groups in total. The third-order valence-corrected chi connectivity index (χ3v) is 2.68. The van der Waals surface area contributed by atoms with Gasteiger partial charge in [-0.15, -0.1) is 0 Å². The van der Waals surface area contributed by atoms with Crippen molar-refractivity contribution in [2.45, 2.75) is 12.8 Å². The van der Waals surface area contributed by atoms with Crippen molar-refractivity contribution in [1.82, 2.24) is 0 Å². The summed E-state index contributed by atoms with van der Waals surface area (Å²) in [6, 6.07) is 0. The van der Waals surface area contributed by atoms with Crippen LogP contribution in [0.3, 0.4) is 0 Å². The van der Waals surface area contributed by atoms with Crippen molar-refractivity contribution >= 4 is 5.91 Å². The second kappa shape index (κ2) is 2.64. The molecule has 2 rings (SSSR count). The molecule has 3 atom stereocenters. The summed E-state index contributed by atoms with van der Waals surface area (Å²) in [5.74, 6) is 0.559. The SMILES string of the molecule is [N-]=[N+]=NC(=O)C1C2C=CCCC21. The zero-order valence-corrected chi connectivity index (χ0v) is 6.55. The van der Waals surface area contributed by atoms with E-state index >= 15 is 0 Å². The van der Waals surface area contributed by atoms with Gasteiger partial charge in [0.2, 0.25) is 5.91 Å². The van der Waals surface area contributed by atoms with E-state index in [1.54, 1.807) is 0 Å². The van der Waals surface area contributed by atoms with Crippen LogP contribution in [0.1, 0.15) is 12.8 Å². The number of carbonyl (C=O) groups is 1. The maximum atomic E-state index is 11.1. The minimum absolute atomic E-state index is 0.000324. The first kappa shape index (κ1) is 7.37. The number of carbonyl (C=O) groups excluding carboxylic acids is 1. The van der Waals surface area contributed by atoms with E-state index in [1.165, 1.54) is 0 Å². The number of hydrogen-bond donors (Lipinski definition) is 0. The Balaban J connectivity index is 2.06. The Morgan fingerprint density at radius 3 is 3.08 bits per heavy atom. The number of fused-ring (bicyclic) bond motifs is 1. The van der Waals surface area contributed by atoms with Crippen molar-refractivity contribution in [3.63, 3.8) is 0 Å². The largest absolute Gasteiger partial charge is 0.292 e. The topological polar surface area (TPSA) is 65.8 Å². The highest BCUT2D eigenvalue weighted by Gasteiger charge is 2.52.